The van der Waals surface area contributed by atoms with Gasteiger partial charge in [-0.3, -0.25) is 29.3 Å². The molecule has 5 heterocycles. The van der Waals surface area contributed by atoms with Gasteiger partial charge in [0, 0.05) is 24.9 Å². The zero-order chi connectivity index (χ0) is 30.0. The summed E-state index contributed by atoms with van der Waals surface area (Å²) in [6, 6.07) is 0. The van der Waals surface area contributed by atoms with Crippen LogP contribution in [-0.4, -0.2) is 86.5 Å². The Morgan fingerprint density at radius 2 is 1.98 bits per heavy atom. The molecule has 14 heteroatoms. The fourth-order valence-electron chi connectivity index (χ4n) is 5.48. The lowest BCUT2D eigenvalue weighted by Gasteiger charge is -2.38. The number of carbonyl (C=O) groups excluding carboxylic acids is 2. The lowest BCUT2D eigenvalue weighted by molar-refractivity contribution is -0.262. The fourth-order valence-corrected chi connectivity index (χ4v) is 5.48. The number of carbonyl (C=O) groups is 2. The summed E-state index contributed by atoms with van der Waals surface area (Å²) in [6.07, 6.45) is 1.32. The summed E-state index contributed by atoms with van der Waals surface area (Å²) in [5, 5.41) is 14.1. The predicted molar refractivity (Wildman–Crippen MR) is 148 cm³/mol. The molecule has 3 saturated heterocycles. The van der Waals surface area contributed by atoms with Crippen molar-refractivity contribution in [2.24, 2.45) is 11.8 Å². The summed E-state index contributed by atoms with van der Waals surface area (Å²) in [5.74, 6) is -2.56. The second-order valence-corrected chi connectivity index (χ2v) is 11.7. The van der Waals surface area contributed by atoms with E-state index in [1.165, 1.54) is 10.9 Å². The van der Waals surface area contributed by atoms with Crippen LogP contribution in [0, 0.1) is 11.8 Å². The molecule has 2 aromatic heterocycles. The summed E-state index contributed by atoms with van der Waals surface area (Å²) < 4.78 is 31.9. The molecular weight excluding hydrogens is 550 g/mol. The average Bonchev–Trinajstić information content (AvgIpc) is 3.53. The summed E-state index contributed by atoms with van der Waals surface area (Å²) >= 11 is 0. The van der Waals surface area contributed by atoms with E-state index in [1.54, 1.807) is 27.7 Å². The Morgan fingerprint density at radius 3 is 2.64 bits per heavy atom. The van der Waals surface area contributed by atoms with E-state index in [1.807, 2.05) is 0 Å². The normalized spacial score (nSPS) is 30.3. The molecular formula is C28H41N5O9. The molecule has 0 radical (unpaired) electrons. The van der Waals surface area contributed by atoms with Gasteiger partial charge in [-0.15, -0.1) is 0 Å². The molecule has 2 aromatic rings. The molecule has 6 atom stereocenters. The van der Waals surface area contributed by atoms with Gasteiger partial charge in [0.15, 0.2) is 29.5 Å². The topological polar surface area (TPSA) is 176 Å². The SMILES string of the molecule is CC(C)C(=O)Nc1nc2c(ncn2[C@@H]2O[C@H](COC3(C(=O)C(C)C)CCCCO3)[C@@H](OC3CCCCO3)[C@@H]2O)c(=O)[nH]1. The fraction of sp³-hybridized carbons (Fsp3) is 0.750. The van der Waals surface area contributed by atoms with E-state index in [2.05, 4.69) is 20.3 Å². The van der Waals surface area contributed by atoms with Crippen molar-refractivity contribution in [3.63, 3.8) is 0 Å². The van der Waals surface area contributed by atoms with Crippen molar-refractivity contribution in [1.29, 1.82) is 0 Å². The van der Waals surface area contributed by atoms with Crippen LogP contribution >= 0.6 is 0 Å². The van der Waals surface area contributed by atoms with Crippen LogP contribution in [0.15, 0.2) is 11.1 Å². The molecule has 3 aliphatic heterocycles. The van der Waals surface area contributed by atoms with Gasteiger partial charge < -0.3 is 28.8 Å². The highest BCUT2D eigenvalue weighted by atomic mass is 16.7. The summed E-state index contributed by atoms with van der Waals surface area (Å²) in [7, 11) is 0. The van der Waals surface area contributed by atoms with Gasteiger partial charge in [0.05, 0.1) is 19.5 Å². The van der Waals surface area contributed by atoms with Gasteiger partial charge in [-0.25, -0.2) is 4.98 Å². The van der Waals surface area contributed by atoms with E-state index in [9.17, 15) is 19.5 Å². The van der Waals surface area contributed by atoms with E-state index in [0.29, 0.717) is 26.1 Å². The maximum absolute atomic E-state index is 13.2. The number of ether oxygens (including phenoxy) is 5. The van der Waals surface area contributed by atoms with Crippen LogP contribution < -0.4 is 10.9 Å². The number of ketones is 1. The molecule has 232 valence electrons. The number of H-pyrrole nitrogens is 1. The van der Waals surface area contributed by atoms with Gasteiger partial charge in [0.2, 0.25) is 17.6 Å². The van der Waals surface area contributed by atoms with E-state index in [-0.39, 0.29) is 47.2 Å². The van der Waals surface area contributed by atoms with Crippen LogP contribution in [-0.2, 0) is 33.3 Å². The highest BCUT2D eigenvalue weighted by Crippen LogP contribution is 2.37. The van der Waals surface area contributed by atoms with Crippen molar-refractivity contribution in [2.75, 3.05) is 25.1 Å². The molecule has 0 aromatic carbocycles. The van der Waals surface area contributed by atoms with Crippen molar-refractivity contribution >= 4 is 28.8 Å². The molecule has 3 N–H and O–H groups in total. The van der Waals surface area contributed by atoms with E-state index < -0.39 is 42.2 Å². The maximum Gasteiger partial charge on any atom is 0.280 e. The third kappa shape index (κ3) is 6.29. The number of rotatable bonds is 10. The number of imidazole rings is 1. The minimum Gasteiger partial charge on any atom is -0.386 e. The number of aromatic amines is 1. The minimum absolute atomic E-state index is 0.0122. The Bertz CT molecular complexity index is 1310. The molecule has 42 heavy (non-hydrogen) atoms. The number of aromatic nitrogens is 4. The molecule has 3 aliphatic rings. The van der Waals surface area contributed by atoms with Gasteiger partial charge in [0.1, 0.15) is 18.3 Å². The second-order valence-electron chi connectivity index (χ2n) is 11.7. The Balaban J connectivity index is 1.43. The third-order valence-electron chi connectivity index (χ3n) is 7.84. The van der Waals surface area contributed by atoms with Gasteiger partial charge in [-0.1, -0.05) is 27.7 Å². The molecule has 2 unspecified atom stereocenters. The highest BCUT2D eigenvalue weighted by molar-refractivity contribution is 5.91. The zero-order valence-corrected chi connectivity index (χ0v) is 24.5. The summed E-state index contributed by atoms with van der Waals surface area (Å²) in [4.78, 5) is 49.3. The number of hydrogen-bond acceptors (Lipinski definition) is 11. The standard InChI is InChI=1S/C28H41N5O9/c1-15(2)22(35)28(10-6-8-12-39-28)40-13-17-21(42-18-9-5-7-11-38-18)20(34)26(41-17)33-14-29-19-23(33)30-27(32-25(19)37)31-24(36)16(3)4/h14-18,20-21,26,34H,5-13H2,1-4H3,(H2,30,31,32,36,37)/t17-,18?,20+,21-,26-,28?/m1/s1. The number of aliphatic hydroxyl groups excluding tert-OH is 1. The molecule has 0 saturated carbocycles. The van der Waals surface area contributed by atoms with Crippen molar-refractivity contribution in [3.05, 3.63) is 16.7 Å². The predicted octanol–water partition coefficient (Wildman–Crippen LogP) is 2.02. The van der Waals surface area contributed by atoms with Gasteiger partial charge in [-0.2, -0.15) is 4.98 Å². The molecule has 3 fully saturated rings. The van der Waals surface area contributed by atoms with Crippen molar-refractivity contribution < 1.29 is 38.4 Å². The molecule has 0 spiro atoms. The second kappa shape index (κ2) is 12.9. The molecule has 14 nitrogen and oxygen atoms in total. The number of aliphatic hydroxyl groups is 1. The molecule has 5 rings (SSSR count). The number of nitrogens with one attached hydrogen (secondary N) is 2. The van der Waals surface area contributed by atoms with E-state index >= 15 is 0 Å². The highest BCUT2D eigenvalue weighted by Gasteiger charge is 2.50. The number of anilines is 1. The smallest absolute Gasteiger partial charge is 0.280 e. The van der Waals surface area contributed by atoms with Crippen LogP contribution in [0.1, 0.15) is 72.4 Å². The number of nitrogens with zero attached hydrogens (tertiary/aromatic N) is 3. The summed E-state index contributed by atoms with van der Waals surface area (Å²) in [6.45, 7) is 7.90. The quantitative estimate of drug-likeness (QED) is 0.368. The first-order valence-electron chi connectivity index (χ1n) is 14.8. The first-order chi connectivity index (χ1) is 20.1. The average molecular weight is 592 g/mol. The molecule has 0 bridgehead atoms. The first kappa shape index (κ1) is 30.7. The van der Waals surface area contributed by atoms with Crippen LogP contribution in [0.2, 0.25) is 0 Å². The lowest BCUT2D eigenvalue weighted by atomic mass is 9.94. The first-order valence-corrected chi connectivity index (χ1v) is 14.8. The van der Waals surface area contributed by atoms with Crippen LogP contribution in [0.25, 0.3) is 11.2 Å². The Hall–Kier alpha value is -2.75. The monoisotopic (exact) mass is 591 g/mol. The largest absolute Gasteiger partial charge is 0.386 e. The summed E-state index contributed by atoms with van der Waals surface area (Å²) in [5.41, 5.74) is -0.437. The number of amides is 1. The van der Waals surface area contributed by atoms with Crippen LogP contribution in [0.4, 0.5) is 5.95 Å². The zero-order valence-electron chi connectivity index (χ0n) is 24.5. The third-order valence-corrected chi connectivity index (χ3v) is 7.84. The number of hydrogen-bond donors (Lipinski definition) is 3. The van der Waals surface area contributed by atoms with Crippen molar-refractivity contribution in [2.45, 2.75) is 103 Å². The van der Waals surface area contributed by atoms with Gasteiger partial charge in [-0.05, 0) is 32.1 Å². The van der Waals surface area contributed by atoms with Gasteiger partial charge >= 0.3 is 0 Å². The molecule has 1 amide bonds. The Kier molecular flexibility index (Phi) is 9.40. The minimum atomic E-state index is -1.40. The van der Waals surface area contributed by atoms with E-state index in [0.717, 1.165) is 25.7 Å². The number of Topliss-reactive ketones (excluding diaryl/α,β-unsaturated/α-hetero) is 1. The molecule has 0 aliphatic carbocycles. The van der Waals surface area contributed by atoms with Crippen LogP contribution in [0.3, 0.4) is 0 Å². The van der Waals surface area contributed by atoms with Crippen molar-refractivity contribution in [3.8, 4) is 0 Å². The lowest BCUT2D eigenvalue weighted by Crippen LogP contribution is -2.51. The van der Waals surface area contributed by atoms with Crippen molar-refractivity contribution in [1.82, 2.24) is 19.5 Å². The maximum atomic E-state index is 13.2. The van der Waals surface area contributed by atoms with Crippen LogP contribution in [0.5, 0.6) is 0 Å². The number of fused-ring (bicyclic) bond motifs is 1. The Labute approximate surface area is 243 Å². The Morgan fingerprint density at radius 1 is 1.19 bits per heavy atom. The van der Waals surface area contributed by atoms with Gasteiger partial charge in [0.25, 0.3) is 5.56 Å². The van der Waals surface area contributed by atoms with E-state index in [4.69, 9.17) is 23.7 Å².